The van der Waals surface area contributed by atoms with Crippen molar-refractivity contribution in [3.05, 3.63) is 82.1 Å². The summed E-state index contributed by atoms with van der Waals surface area (Å²) in [5, 5.41) is 21.0. The second-order valence-corrected chi connectivity index (χ2v) is 8.04. The number of aromatic nitrogens is 3. The van der Waals surface area contributed by atoms with Crippen molar-refractivity contribution in [2.45, 2.75) is 12.3 Å². The lowest BCUT2D eigenvalue weighted by Crippen LogP contribution is -2.23. The van der Waals surface area contributed by atoms with E-state index in [0.717, 1.165) is 16.7 Å². The lowest BCUT2D eigenvalue weighted by molar-refractivity contribution is -0.137. The van der Waals surface area contributed by atoms with Crippen LogP contribution < -0.4 is 15.6 Å². The number of carbonyl (C=O) groups excluding carboxylic acids is 1. The molecule has 1 atom stereocenters. The first kappa shape index (κ1) is 25.8. The summed E-state index contributed by atoms with van der Waals surface area (Å²) in [6.45, 7) is -0.706. The average Bonchev–Trinajstić information content (AvgIpc) is 2.88. The Balaban J connectivity index is 1.72. The highest BCUT2D eigenvalue weighted by molar-refractivity contribution is 6.11. The van der Waals surface area contributed by atoms with Crippen LogP contribution in [0.4, 0.5) is 19.0 Å². The summed E-state index contributed by atoms with van der Waals surface area (Å²) in [5.74, 6) is -0.525. The number of anilines is 1. The smallest absolute Gasteiger partial charge is 0.416 e. The van der Waals surface area contributed by atoms with Crippen molar-refractivity contribution in [3.8, 4) is 17.3 Å². The van der Waals surface area contributed by atoms with Gasteiger partial charge in [0.15, 0.2) is 0 Å². The molecular weight excluding hydrogens is 493 g/mol. The second kappa shape index (κ2) is 10.4. The van der Waals surface area contributed by atoms with E-state index in [2.05, 4.69) is 15.3 Å². The number of amides is 1. The van der Waals surface area contributed by atoms with Crippen LogP contribution in [-0.4, -0.2) is 50.0 Å². The van der Waals surface area contributed by atoms with Gasteiger partial charge in [0.25, 0.3) is 11.5 Å². The maximum absolute atomic E-state index is 13.2. The van der Waals surface area contributed by atoms with Crippen LogP contribution in [0.15, 0.2) is 65.5 Å². The minimum absolute atomic E-state index is 0.00671. The Labute approximate surface area is 207 Å². The number of halogens is 3. The number of aliphatic hydroxyl groups is 2. The zero-order chi connectivity index (χ0) is 26.7. The number of pyridine rings is 1. The van der Waals surface area contributed by atoms with Gasteiger partial charge in [0.1, 0.15) is 24.4 Å². The summed E-state index contributed by atoms with van der Waals surface area (Å²) < 4.78 is 46.1. The number of carbonyl (C=O) groups is 1. The zero-order valence-electron chi connectivity index (χ0n) is 19.4. The van der Waals surface area contributed by atoms with E-state index in [1.165, 1.54) is 49.5 Å². The quantitative estimate of drug-likeness (QED) is 0.346. The van der Waals surface area contributed by atoms with Crippen LogP contribution in [0.2, 0.25) is 0 Å². The lowest BCUT2D eigenvalue weighted by atomic mass is 10.1. The van der Waals surface area contributed by atoms with Gasteiger partial charge in [-0.1, -0.05) is 24.3 Å². The number of benzene rings is 2. The summed E-state index contributed by atoms with van der Waals surface area (Å²) in [6, 6.07) is 13.3. The van der Waals surface area contributed by atoms with Gasteiger partial charge in [0, 0.05) is 18.7 Å². The molecule has 0 fully saturated rings. The van der Waals surface area contributed by atoms with Crippen molar-refractivity contribution >= 4 is 22.6 Å². The van der Waals surface area contributed by atoms with Gasteiger partial charge in [-0.25, -0.2) is 4.98 Å². The van der Waals surface area contributed by atoms with E-state index in [4.69, 9.17) is 9.84 Å². The first-order chi connectivity index (χ1) is 17.6. The van der Waals surface area contributed by atoms with E-state index in [0.29, 0.717) is 0 Å². The van der Waals surface area contributed by atoms with Gasteiger partial charge in [-0.2, -0.15) is 18.2 Å². The number of rotatable bonds is 7. The van der Waals surface area contributed by atoms with Gasteiger partial charge in [0.05, 0.1) is 28.6 Å². The number of nitrogens with zero attached hydrogens (tertiary/aromatic N) is 3. The number of nitrogens with one attached hydrogen (secondary N) is 1. The standard InChI is InChI=1S/C25H21F3N4O5/c1-32-22(14-5-2-6-15(11-14)25(26,27)28)31-21-17(7-3-8-18(21)24(32)36)23(35)30-19-9-4-10-20(29-19)37-13-16(34)12-33/h2-11,16,33-34H,12-13H2,1H3,(H,29,30,35). The molecule has 0 spiro atoms. The third kappa shape index (κ3) is 5.60. The Hall–Kier alpha value is -4.29. The molecule has 1 unspecified atom stereocenters. The molecule has 4 rings (SSSR count). The third-order valence-corrected chi connectivity index (χ3v) is 5.40. The van der Waals surface area contributed by atoms with Crippen LogP contribution in [-0.2, 0) is 13.2 Å². The highest BCUT2D eigenvalue weighted by Crippen LogP contribution is 2.32. The zero-order valence-corrected chi connectivity index (χ0v) is 19.4. The largest absolute Gasteiger partial charge is 0.475 e. The van der Waals surface area contributed by atoms with Gasteiger partial charge in [-0.15, -0.1) is 0 Å². The van der Waals surface area contributed by atoms with Crippen LogP contribution in [0.5, 0.6) is 5.88 Å². The van der Waals surface area contributed by atoms with Gasteiger partial charge >= 0.3 is 6.18 Å². The Morgan fingerprint density at radius 1 is 1.11 bits per heavy atom. The fraction of sp³-hybridized carbons (Fsp3) is 0.200. The van der Waals surface area contributed by atoms with Crippen molar-refractivity contribution in [1.82, 2.24) is 14.5 Å². The first-order valence-electron chi connectivity index (χ1n) is 11.0. The predicted octanol–water partition coefficient (Wildman–Crippen LogP) is 3.00. The first-order valence-corrected chi connectivity index (χ1v) is 11.0. The van der Waals surface area contributed by atoms with Crippen LogP contribution in [0.25, 0.3) is 22.3 Å². The molecule has 3 N–H and O–H groups in total. The Morgan fingerprint density at radius 3 is 2.57 bits per heavy atom. The molecular formula is C25H21F3N4O5. The third-order valence-electron chi connectivity index (χ3n) is 5.40. The molecule has 0 aliphatic rings. The molecule has 2 aromatic carbocycles. The predicted molar refractivity (Wildman–Crippen MR) is 128 cm³/mol. The highest BCUT2D eigenvalue weighted by atomic mass is 19.4. The van der Waals surface area contributed by atoms with E-state index in [-0.39, 0.29) is 46.2 Å². The molecule has 0 bridgehead atoms. The molecule has 2 heterocycles. The molecule has 2 aromatic heterocycles. The minimum Gasteiger partial charge on any atom is -0.475 e. The molecule has 4 aromatic rings. The van der Waals surface area contributed by atoms with Gasteiger partial charge in [-0.3, -0.25) is 14.2 Å². The number of ether oxygens (including phenoxy) is 1. The minimum atomic E-state index is -4.59. The summed E-state index contributed by atoms with van der Waals surface area (Å²) in [6.07, 6.45) is -5.69. The van der Waals surface area contributed by atoms with Crippen LogP contribution in [0.3, 0.4) is 0 Å². The number of hydrogen-bond donors (Lipinski definition) is 3. The Kier molecular flexibility index (Phi) is 7.23. The van der Waals surface area contributed by atoms with Crippen LogP contribution in [0, 0.1) is 0 Å². The summed E-state index contributed by atoms with van der Waals surface area (Å²) in [7, 11) is 1.39. The van der Waals surface area contributed by atoms with E-state index in [1.54, 1.807) is 6.07 Å². The van der Waals surface area contributed by atoms with E-state index in [1.807, 2.05) is 0 Å². The fourth-order valence-corrected chi connectivity index (χ4v) is 3.55. The van der Waals surface area contributed by atoms with E-state index < -0.39 is 35.9 Å². The van der Waals surface area contributed by atoms with E-state index >= 15 is 0 Å². The van der Waals surface area contributed by atoms with E-state index in [9.17, 15) is 27.9 Å². The van der Waals surface area contributed by atoms with Crippen molar-refractivity contribution < 1.29 is 32.9 Å². The van der Waals surface area contributed by atoms with Crippen LogP contribution >= 0.6 is 0 Å². The number of fused-ring (bicyclic) bond motifs is 1. The topological polar surface area (TPSA) is 127 Å². The van der Waals surface area contributed by atoms with Crippen molar-refractivity contribution in [1.29, 1.82) is 0 Å². The van der Waals surface area contributed by atoms with Crippen molar-refractivity contribution in [2.75, 3.05) is 18.5 Å². The number of para-hydroxylation sites is 1. The van der Waals surface area contributed by atoms with Gasteiger partial charge in [0.2, 0.25) is 5.88 Å². The lowest BCUT2D eigenvalue weighted by Gasteiger charge is -2.14. The normalized spacial score (nSPS) is 12.4. The Bertz CT molecular complexity index is 1520. The monoisotopic (exact) mass is 514 g/mol. The molecule has 0 saturated heterocycles. The van der Waals surface area contributed by atoms with Gasteiger partial charge in [-0.05, 0) is 30.3 Å². The maximum Gasteiger partial charge on any atom is 0.416 e. The number of aliphatic hydroxyl groups excluding tert-OH is 2. The molecule has 0 aliphatic heterocycles. The SMILES string of the molecule is Cn1c(-c2cccc(C(F)(F)F)c2)nc2c(C(=O)Nc3cccc(OCC(O)CO)n3)cccc2c1=O. The molecule has 192 valence electrons. The molecule has 1 amide bonds. The highest BCUT2D eigenvalue weighted by Gasteiger charge is 2.31. The molecule has 0 aliphatic carbocycles. The summed E-state index contributed by atoms with van der Waals surface area (Å²) in [4.78, 5) is 34.7. The molecule has 37 heavy (non-hydrogen) atoms. The fourth-order valence-electron chi connectivity index (χ4n) is 3.55. The molecule has 12 heteroatoms. The summed E-state index contributed by atoms with van der Waals surface area (Å²) in [5.41, 5.74) is -1.36. The van der Waals surface area contributed by atoms with Crippen molar-refractivity contribution in [3.63, 3.8) is 0 Å². The molecule has 0 saturated carbocycles. The average molecular weight is 514 g/mol. The number of alkyl halides is 3. The summed E-state index contributed by atoms with van der Waals surface area (Å²) >= 11 is 0. The van der Waals surface area contributed by atoms with Crippen LogP contribution in [0.1, 0.15) is 15.9 Å². The number of hydrogen-bond acceptors (Lipinski definition) is 7. The molecule has 9 nitrogen and oxygen atoms in total. The maximum atomic E-state index is 13.2. The van der Waals surface area contributed by atoms with Gasteiger partial charge < -0.3 is 20.3 Å². The molecule has 0 radical (unpaired) electrons. The second-order valence-electron chi connectivity index (χ2n) is 8.04. The Morgan fingerprint density at radius 2 is 1.84 bits per heavy atom. The van der Waals surface area contributed by atoms with Crippen molar-refractivity contribution in [2.24, 2.45) is 7.05 Å².